The fourth-order valence-electron chi connectivity index (χ4n) is 2.18. The van der Waals surface area contributed by atoms with Crippen molar-refractivity contribution in [3.8, 4) is 0 Å². The van der Waals surface area contributed by atoms with Crippen molar-refractivity contribution < 1.29 is 4.39 Å². The Labute approximate surface area is 132 Å². The molecule has 1 atom stereocenters. The van der Waals surface area contributed by atoms with Gasteiger partial charge in [0, 0.05) is 10.5 Å². The molecule has 0 saturated carbocycles. The SMILES string of the molecule is CCNC(Cc1cccc(F)c1)c1ccc(Cl)c(Br)c1. The minimum Gasteiger partial charge on any atom is -0.310 e. The van der Waals surface area contributed by atoms with E-state index in [0.29, 0.717) is 5.02 Å². The Bertz CT molecular complexity index is 588. The van der Waals surface area contributed by atoms with E-state index in [4.69, 9.17) is 11.6 Å². The first-order valence-corrected chi connectivity index (χ1v) is 7.70. The lowest BCUT2D eigenvalue weighted by Gasteiger charge is -2.19. The molecule has 0 aliphatic carbocycles. The highest BCUT2D eigenvalue weighted by molar-refractivity contribution is 9.10. The van der Waals surface area contributed by atoms with Gasteiger partial charge in [-0.15, -0.1) is 0 Å². The Morgan fingerprint density at radius 2 is 2.05 bits per heavy atom. The molecule has 1 unspecified atom stereocenters. The summed E-state index contributed by atoms with van der Waals surface area (Å²) in [4.78, 5) is 0. The van der Waals surface area contributed by atoms with Gasteiger partial charge >= 0.3 is 0 Å². The summed E-state index contributed by atoms with van der Waals surface area (Å²) in [7, 11) is 0. The maximum Gasteiger partial charge on any atom is 0.123 e. The van der Waals surface area contributed by atoms with Gasteiger partial charge in [0.1, 0.15) is 5.82 Å². The minimum atomic E-state index is -0.199. The van der Waals surface area contributed by atoms with Crippen LogP contribution in [0.15, 0.2) is 46.9 Å². The molecule has 0 amide bonds. The summed E-state index contributed by atoms with van der Waals surface area (Å²) in [5.74, 6) is -0.199. The Balaban J connectivity index is 2.24. The Morgan fingerprint density at radius 3 is 2.70 bits per heavy atom. The molecule has 1 nitrogen and oxygen atoms in total. The maximum absolute atomic E-state index is 13.3. The normalized spacial score (nSPS) is 12.4. The molecule has 0 bridgehead atoms. The molecule has 0 fully saturated rings. The van der Waals surface area contributed by atoms with Gasteiger partial charge in [0.25, 0.3) is 0 Å². The van der Waals surface area contributed by atoms with E-state index in [2.05, 4.69) is 28.2 Å². The van der Waals surface area contributed by atoms with E-state index in [-0.39, 0.29) is 11.9 Å². The lowest BCUT2D eigenvalue weighted by molar-refractivity contribution is 0.546. The van der Waals surface area contributed by atoms with Crippen LogP contribution < -0.4 is 5.32 Å². The summed E-state index contributed by atoms with van der Waals surface area (Å²) in [6.07, 6.45) is 0.736. The second-order valence-corrected chi connectivity index (χ2v) is 5.88. The van der Waals surface area contributed by atoms with Gasteiger partial charge in [-0.2, -0.15) is 0 Å². The molecule has 20 heavy (non-hydrogen) atoms. The lowest BCUT2D eigenvalue weighted by atomic mass is 9.99. The van der Waals surface area contributed by atoms with E-state index in [0.717, 1.165) is 28.6 Å². The average Bonchev–Trinajstić information content (AvgIpc) is 2.41. The predicted octanol–water partition coefficient (Wildman–Crippen LogP) is 5.13. The highest BCUT2D eigenvalue weighted by Gasteiger charge is 2.13. The van der Waals surface area contributed by atoms with Gasteiger partial charge in [0.2, 0.25) is 0 Å². The third kappa shape index (κ3) is 4.05. The summed E-state index contributed by atoms with van der Waals surface area (Å²) < 4.78 is 14.2. The van der Waals surface area contributed by atoms with Gasteiger partial charge in [-0.05, 0) is 64.3 Å². The van der Waals surface area contributed by atoms with Crippen molar-refractivity contribution in [2.75, 3.05) is 6.54 Å². The molecule has 0 aliphatic rings. The zero-order chi connectivity index (χ0) is 14.5. The van der Waals surface area contributed by atoms with Crippen LogP contribution in [0.3, 0.4) is 0 Å². The maximum atomic E-state index is 13.3. The van der Waals surface area contributed by atoms with Crippen molar-refractivity contribution in [1.29, 1.82) is 0 Å². The highest BCUT2D eigenvalue weighted by Crippen LogP contribution is 2.27. The molecule has 2 aromatic rings. The molecule has 4 heteroatoms. The smallest absolute Gasteiger partial charge is 0.123 e. The van der Waals surface area contributed by atoms with Crippen LogP contribution in [-0.4, -0.2) is 6.54 Å². The van der Waals surface area contributed by atoms with Gasteiger partial charge in [-0.3, -0.25) is 0 Å². The summed E-state index contributed by atoms with van der Waals surface area (Å²) in [5, 5.41) is 4.12. The zero-order valence-corrected chi connectivity index (χ0v) is 13.5. The number of likely N-dealkylation sites (N-methyl/N-ethyl adjacent to an activating group) is 1. The van der Waals surface area contributed by atoms with E-state index in [1.54, 1.807) is 12.1 Å². The number of hydrogen-bond donors (Lipinski definition) is 1. The number of halogens is 3. The number of nitrogens with one attached hydrogen (secondary N) is 1. The highest BCUT2D eigenvalue weighted by atomic mass is 79.9. The van der Waals surface area contributed by atoms with Crippen molar-refractivity contribution in [3.05, 3.63) is 68.9 Å². The van der Waals surface area contributed by atoms with Gasteiger partial charge in [-0.1, -0.05) is 36.7 Å². The van der Waals surface area contributed by atoms with Crippen molar-refractivity contribution in [1.82, 2.24) is 5.32 Å². The largest absolute Gasteiger partial charge is 0.310 e. The first-order chi connectivity index (χ1) is 9.60. The molecule has 106 valence electrons. The number of hydrogen-bond acceptors (Lipinski definition) is 1. The quantitative estimate of drug-likeness (QED) is 0.782. The van der Waals surface area contributed by atoms with E-state index < -0.39 is 0 Å². The Morgan fingerprint density at radius 1 is 1.25 bits per heavy atom. The first kappa shape index (κ1) is 15.5. The molecular formula is C16H16BrClFN. The molecule has 0 saturated heterocycles. The van der Waals surface area contributed by atoms with Crippen molar-refractivity contribution in [3.63, 3.8) is 0 Å². The molecular weight excluding hydrogens is 341 g/mol. The van der Waals surface area contributed by atoms with E-state index >= 15 is 0 Å². The topological polar surface area (TPSA) is 12.0 Å². The van der Waals surface area contributed by atoms with Crippen LogP contribution in [0.2, 0.25) is 5.02 Å². The third-order valence-electron chi connectivity index (χ3n) is 3.13. The minimum absolute atomic E-state index is 0.135. The van der Waals surface area contributed by atoms with Crippen molar-refractivity contribution in [2.45, 2.75) is 19.4 Å². The zero-order valence-electron chi connectivity index (χ0n) is 11.2. The predicted molar refractivity (Wildman–Crippen MR) is 85.7 cm³/mol. The van der Waals surface area contributed by atoms with Gasteiger partial charge in [0.05, 0.1) is 5.02 Å². The van der Waals surface area contributed by atoms with Crippen molar-refractivity contribution in [2.24, 2.45) is 0 Å². The van der Waals surface area contributed by atoms with Crippen LogP contribution in [0.4, 0.5) is 4.39 Å². The fourth-order valence-corrected chi connectivity index (χ4v) is 2.70. The molecule has 0 heterocycles. The molecule has 2 rings (SSSR count). The van der Waals surface area contributed by atoms with Gasteiger partial charge in [-0.25, -0.2) is 4.39 Å². The van der Waals surface area contributed by atoms with E-state index in [1.807, 2.05) is 24.3 Å². The first-order valence-electron chi connectivity index (χ1n) is 6.53. The lowest BCUT2D eigenvalue weighted by Crippen LogP contribution is -2.23. The average molecular weight is 357 g/mol. The van der Waals surface area contributed by atoms with Crippen LogP contribution in [0, 0.1) is 5.82 Å². The van der Waals surface area contributed by atoms with E-state index in [9.17, 15) is 4.39 Å². The number of benzene rings is 2. The second-order valence-electron chi connectivity index (χ2n) is 4.62. The molecule has 2 aromatic carbocycles. The molecule has 1 N–H and O–H groups in total. The molecule has 0 aromatic heterocycles. The number of rotatable bonds is 5. The molecule has 0 spiro atoms. The van der Waals surface area contributed by atoms with Crippen LogP contribution in [0.1, 0.15) is 24.1 Å². The standard InChI is InChI=1S/C16H16BrClFN/c1-2-20-16(9-11-4-3-5-13(19)8-11)12-6-7-15(18)14(17)10-12/h3-8,10,16,20H,2,9H2,1H3. The summed E-state index contributed by atoms with van der Waals surface area (Å²) in [5.41, 5.74) is 2.11. The van der Waals surface area contributed by atoms with Crippen LogP contribution >= 0.6 is 27.5 Å². The fraction of sp³-hybridized carbons (Fsp3) is 0.250. The van der Waals surface area contributed by atoms with Gasteiger partial charge < -0.3 is 5.32 Å². The monoisotopic (exact) mass is 355 g/mol. The summed E-state index contributed by atoms with van der Waals surface area (Å²) in [6.45, 7) is 2.91. The molecule has 0 aliphatic heterocycles. The summed E-state index contributed by atoms with van der Waals surface area (Å²) in [6, 6.07) is 12.7. The Kier molecular flexibility index (Phi) is 5.58. The third-order valence-corrected chi connectivity index (χ3v) is 4.34. The van der Waals surface area contributed by atoms with Crippen LogP contribution in [0.25, 0.3) is 0 Å². The summed E-state index contributed by atoms with van der Waals surface area (Å²) >= 11 is 9.47. The van der Waals surface area contributed by atoms with Crippen molar-refractivity contribution >= 4 is 27.5 Å². The van der Waals surface area contributed by atoms with E-state index in [1.165, 1.54) is 6.07 Å². The van der Waals surface area contributed by atoms with Crippen LogP contribution in [0.5, 0.6) is 0 Å². The van der Waals surface area contributed by atoms with Gasteiger partial charge in [0.15, 0.2) is 0 Å². The van der Waals surface area contributed by atoms with Crippen LogP contribution in [-0.2, 0) is 6.42 Å². The second kappa shape index (κ2) is 7.21. The Hall–Kier alpha value is -0.900. The molecule has 0 radical (unpaired) electrons.